The Hall–Kier alpha value is -1.63. The van der Waals surface area contributed by atoms with Crippen molar-refractivity contribution in [3.63, 3.8) is 0 Å². The van der Waals surface area contributed by atoms with Gasteiger partial charge in [0.1, 0.15) is 6.54 Å². The van der Waals surface area contributed by atoms with Gasteiger partial charge in [-0.1, -0.05) is 25.9 Å². The van der Waals surface area contributed by atoms with Crippen molar-refractivity contribution in [1.29, 1.82) is 0 Å². The van der Waals surface area contributed by atoms with Crippen molar-refractivity contribution >= 4 is 5.96 Å². The number of piperidine rings is 1. The number of aromatic nitrogens is 2. The van der Waals surface area contributed by atoms with Gasteiger partial charge in [0.25, 0.3) is 0 Å². The van der Waals surface area contributed by atoms with Crippen LogP contribution in [-0.2, 0) is 12.0 Å². The summed E-state index contributed by atoms with van der Waals surface area (Å²) in [6.45, 7) is 11.0. The summed E-state index contributed by atoms with van der Waals surface area (Å²) >= 11 is 0. The fourth-order valence-corrected chi connectivity index (χ4v) is 2.27. The van der Waals surface area contributed by atoms with E-state index in [1.54, 1.807) is 0 Å². The normalized spacial score (nSPS) is 17.9. The fourth-order valence-electron chi connectivity index (χ4n) is 2.27. The van der Waals surface area contributed by atoms with Crippen molar-refractivity contribution in [1.82, 2.24) is 20.4 Å². The standard InChI is InChI=1S/C15H27N5O2/c1-5-16-14(20-8-6-11(21)7-9-20)17-10-12-18-13(22-19-12)15(2,3)4/h11,21H,5-10H2,1-4H3,(H,16,17). The van der Waals surface area contributed by atoms with E-state index >= 15 is 0 Å². The van der Waals surface area contributed by atoms with Gasteiger partial charge in [-0.15, -0.1) is 0 Å². The Morgan fingerprint density at radius 1 is 1.41 bits per heavy atom. The lowest BCUT2D eigenvalue weighted by Crippen LogP contribution is -2.46. The van der Waals surface area contributed by atoms with E-state index in [2.05, 4.69) is 25.3 Å². The lowest BCUT2D eigenvalue weighted by molar-refractivity contribution is 0.108. The minimum atomic E-state index is -0.189. The van der Waals surface area contributed by atoms with Crippen LogP contribution < -0.4 is 5.32 Å². The second kappa shape index (κ2) is 7.09. The lowest BCUT2D eigenvalue weighted by atomic mass is 9.97. The minimum absolute atomic E-state index is 0.150. The Morgan fingerprint density at radius 3 is 2.64 bits per heavy atom. The molecule has 0 aromatic carbocycles. The molecule has 0 atom stereocenters. The number of aliphatic hydroxyl groups is 1. The molecular formula is C15H27N5O2. The highest BCUT2D eigenvalue weighted by atomic mass is 16.5. The molecule has 7 heteroatoms. The second-order valence-corrected chi connectivity index (χ2v) is 6.65. The minimum Gasteiger partial charge on any atom is -0.393 e. The summed E-state index contributed by atoms with van der Waals surface area (Å²) in [7, 11) is 0. The van der Waals surface area contributed by atoms with Gasteiger partial charge in [-0.3, -0.25) is 0 Å². The van der Waals surface area contributed by atoms with Crippen molar-refractivity contribution in [2.45, 2.75) is 58.6 Å². The third-order valence-corrected chi connectivity index (χ3v) is 3.58. The molecule has 0 saturated carbocycles. The van der Waals surface area contributed by atoms with E-state index < -0.39 is 0 Å². The predicted molar refractivity (Wildman–Crippen MR) is 84.6 cm³/mol. The molecule has 0 bridgehead atoms. The Bertz CT molecular complexity index is 498. The van der Waals surface area contributed by atoms with Gasteiger partial charge in [0.2, 0.25) is 5.89 Å². The van der Waals surface area contributed by atoms with E-state index in [0.717, 1.165) is 38.4 Å². The highest BCUT2D eigenvalue weighted by Crippen LogP contribution is 2.19. The van der Waals surface area contributed by atoms with E-state index in [-0.39, 0.29) is 11.5 Å². The van der Waals surface area contributed by atoms with Crippen molar-refractivity contribution < 1.29 is 9.63 Å². The molecule has 7 nitrogen and oxygen atoms in total. The number of nitrogens with zero attached hydrogens (tertiary/aromatic N) is 4. The highest BCUT2D eigenvalue weighted by Gasteiger charge is 2.22. The van der Waals surface area contributed by atoms with E-state index in [0.29, 0.717) is 18.3 Å². The molecule has 22 heavy (non-hydrogen) atoms. The SMILES string of the molecule is CCNC(=NCc1noc(C(C)(C)C)n1)N1CCC(O)CC1. The Kier molecular flexibility index (Phi) is 5.39. The molecule has 0 aliphatic carbocycles. The zero-order chi connectivity index (χ0) is 16.2. The molecule has 0 spiro atoms. The molecule has 2 heterocycles. The fraction of sp³-hybridized carbons (Fsp3) is 0.800. The zero-order valence-electron chi connectivity index (χ0n) is 14.0. The number of hydrogen-bond acceptors (Lipinski definition) is 5. The monoisotopic (exact) mass is 309 g/mol. The van der Waals surface area contributed by atoms with Gasteiger partial charge in [-0.25, -0.2) is 4.99 Å². The van der Waals surface area contributed by atoms with Crippen LogP contribution >= 0.6 is 0 Å². The van der Waals surface area contributed by atoms with E-state index in [9.17, 15) is 5.11 Å². The number of guanidine groups is 1. The summed E-state index contributed by atoms with van der Waals surface area (Å²) in [6.07, 6.45) is 1.37. The highest BCUT2D eigenvalue weighted by molar-refractivity contribution is 5.80. The molecule has 1 aliphatic heterocycles. The molecule has 124 valence electrons. The maximum absolute atomic E-state index is 9.61. The maximum Gasteiger partial charge on any atom is 0.232 e. The molecule has 1 aliphatic rings. The molecular weight excluding hydrogens is 282 g/mol. The van der Waals surface area contributed by atoms with Gasteiger partial charge in [0, 0.05) is 25.0 Å². The van der Waals surface area contributed by atoms with Crippen LogP contribution in [0.3, 0.4) is 0 Å². The van der Waals surface area contributed by atoms with E-state index in [4.69, 9.17) is 4.52 Å². The summed E-state index contributed by atoms with van der Waals surface area (Å²) in [4.78, 5) is 11.2. The van der Waals surface area contributed by atoms with Gasteiger partial charge in [-0.2, -0.15) is 4.98 Å². The first kappa shape index (κ1) is 16.7. The molecule has 0 amide bonds. The first-order valence-electron chi connectivity index (χ1n) is 7.94. The number of hydrogen-bond donors (Lipinski definition) is 2. The second-order valence-electron chi connectivity index (χ2n) is 6.65. The molecule has 1 aromatic heterocycles. The van der Waals surface area contributed by atoms with Crippen LogP contribution in [0.25, 0.3) is 0 Å². The van der Waals surface area contributed by atoms with E-state index in [1.165, 1.54) is 0 Å². The molecule has 0 unspecified atom stereocenters. The lowest BCUT2D eigenvalue weighted by Gasteiger charge is -2.32. The van der Waals surface area contributed by atoms with Crippen molar-refractivity contribution in [3.8, 4) is 0 Å². The van der Waals surface area contributed by atoms with Crippen LogP contribution in [0.4, 0.5) is 0 Å². The van der Waals surface area contributed by atoms with Gasteiger partial charge >= 0.3 is 0 Å². The molecule has 1 fully saturated rings. The van der Waals surface area contributed by atoms with Crippen molar-refractivity contribution in [2.24, 2.45) is 4.99 Å². The van der Waals surface area contributed by atoms with Crippen LogP contribution in [-0.4, -0.2) is 51.8 Å². The van der Waals surface area contributed by atoms with Gasteiger partial charge in [0.05, 0.1) is 6.10 Å². The smallest absolute Gasteiger partial charge is 0.232 e. The first-order chi connectivity index (χ1) is 10.4. The third kappa shape index (κ3) is 4.43. The summed E-state index contributed by atoms with van der Waals surface area (Å²) in [5.41, 5.74) is -0.150. The van der Waals surface area contributed by atoms with Crippen molar-refractivity contribution in [2.75, 3.05) is 19.6 Å². The molecule has 0 radical (unpaired) electrons. The summed E-state index contributed by atoms with van der Waals surface area (Å²) in [5.74, 6) is 2.07. The summed E-state index contributed by atoms with van der Waals surface area (Å²) in [6, 6.07) is 0. The topological polar surface area (TPSA) is 86.8 Å². The molecule has 1 aromatic rings. The Labute approximate surface area is 131 Å². The van der Waals surface area contributed by atoms with Crippen LogP contribution in [0, 0.1) is 0 Å². The van der Waals surface area contributed by atoms with Crippen LogP contribution in [0.1, 0.15) is 52.3 Å². The predicted octanol–water partition coefficient (Wildman–Crippen LogP) is 1.29. The average Bonchev–Trinajstić information content (AvgIpc) is 2.93. The van der Waals surface area contributed by atoms with Gasteiger partial charge < -0.3 is 19.8 Å². The maximum atomic E-state index is 9.61. The Balaban J connectivity index is 2.02. The van der Waals surface area contributed by atoms with Crippen LogP contribution in [0.2, 0.25) is 0 Å². The third-order valence-electron chi connectivity index (χ3n) is 3.58. The summed E-state index contributed by atoms with van der Waals surface area (Å²) in [5, 5.41) is 16.9. The van der Waals surface area contributed by atoms with Gasteiger partial charge in [-0.05, 0) is 19.8 Å². The number of aliphatic imine (C=N–C) groups is 1. The quantitative estimate of drug-likeness (QED) is 0.646. The Morgan fingerprint density at radius 2 is 2.09 bits per heavy atom. The molecule has 2 N–H and O–H groups in total. The number of aliphatic hydroxyl groups excluding tert-OH is 1. The van der Waals surface area contributed by atoms with E-state index in [1.807, 2.05) is 27.7 Å². The van der Waals surface area contributed by atoms with Crippen LogP contribution in [0.5, 0.6) is 0 Å². The zero-order valence-corrected chi connectivity index (χ0v) is 14.0. The average molecular weight is 309 g/mol. The number of rotatable bonds is 3. The first-order valence-corrected chi connectivity index (χ1v) is 7.94. The summed E-state index contributed by atoms with van der Waals surface area (Å²) < 4.78 is 5.28. The number of likely N-dealkylation sites (tertiary alicyclic amines) is 1. The van der Waals surface area contributed by atoms with Gasteiger partial charge in [0.15, 0.2) is 11.8 Å². The number of nitrogens with one attached hydrogen (secondary N) is 1. The largest absolute Gasteiger partial charge is 0.393 e. The molecule has 1 saturated heterocycles. The van der Waals surface area contributed by atoms with Crippen molar-refractivity contribution in [3.05, 3.63) is 11.7 Å². The van der Waals surface area contributed by atoms with Crippen LogP contribution in [0.15, 0.2) is 9.52 Å². The molecule has 2 rings (SSSR count).